The quantitative estimate of drug-likeness (QED) is 0.708. The molecule has 1 aliphatic heterocycles. The summed E-state index contributed by atoms with van der Waals surface area (Å²) in [6.07, 6.45) is 5.32. The summed E-state index contributed by atoms with van der Waals surface area (Å²) in [4.78, 5) is 0. The fourth-order valence-electron chi connectivity index (χ4n) is 4.54. The molecule has 1 heterocycles. The maximum Gasteiger partial charge on any atom is 0.464 e. The predicted octanol–water partition coefficient (Wildman–Crippen LogP) is 4.30. The van der Waals surface area contributed by atoms with E-state index in [1.165, 1.54) is 25.7 Å². The van der Waals surface area contributed by atoms with Crippen molar-refractivity contribution in [3.63, 3.8) is 0 Å². The highest BCUT2D eigenvalue weighted by atomic mass is 16.7. The highest BCUT2D eigenvalue weighted by Crippen LogP contribution is 2.69. The highest BCUT2D eigenvalue weighted by molar-refractivity contribution is 6.50. The van der Waals surface area contributed by atoms with Crippen molar-refractivity contribution in [2.75, 3.05) is 0 Å². The van der Waals surface area contributed by atoms with Crippen LogP contribution >= 0.6 is 0 Å². The molecular weight excluding hydrogens is 235 g/mol. The van der Waals surface area contributed by atoms with Gasteiger partial charge < -0.3 is 9.31 Å². The van der Waals surface area contributed by atoms with Gasteiger partial charge in [-0.2, -0.15) is 0 Å². The van der Waals surface area contributed by atoms with Crippen LogP contribution in [-0.4, -0.2) is 18.3 Å². The van der Waals surface area contributed by atoms with Gasteiger partial charge in [0.15, 0.2) is 0 Å². The summed E-state index contributed by atoms with van der Waals surface area (Å²) in [6.45, 7) is 13.4. The van der Waals surface area contributed by atoms with Gasteiger partial charge in [0, 0.05) is 5.31 Å². The van der Waals surface area contributed by atoms with E-state index in [2.05, 4.69) is 41.5 Å². The van der Waals surface area contributed by atoms with Crippen molar-refractivity contribution in [1.82, 2.24) is 0 Å². The van der Waals surface area contributed by atoms with Gasteiger partial charge in [-0.1, -0.05) is 20.3 Å². The molecule has 1 saturated heterocycles. The third kappa shape index (κ3) is 1.84. The first-order valence-electron chi connectivity index (χ1n) is 8.09. The summed E-state index contributed by atoms with van der Waals surface area (Å²) in [5, 5.41) is 0.283. The maximum absolute atomic E-state index is 6.40. The van der Waals surface area contributed by atoms with E-state index in [4.69, 9.17) is 9.31 Å². The van der Waals surface area contributed by atoms with Crippen LogP contribution in [0.3, 0.4) is 0 Å². The Morgan fingerprint density at radius 1 is 1.05 bits per heavy atom. The van der Waals surface area contributed by atoms with Gasteiger partial charge in [0.25, 0.3) is 0 Å². The molecule has 3 heteroatoms. The molecule has 0 spiro atoms. The zero-order chi connectivity index (χ0) is 14.1. The van der Waals surface area contributed by atoms with Crippen LogP contribution in [0.1, 0.15) is 67.2 Å². The van der Waals surface area contributed by atoms with Gasteiger partial charge in [0.2, 0.25) is 0 Å². The lowest BCUT2D eigenvalue weighted by Gasteiger charge is -2.55. The molecular formula is C16H29BO2. The van der Waals surface area contributed by atoms with Crippen LogP contribution in [0.5, 0.6) is 0 Å². The molecule has 3 atom stereocenters. The molecule has 19 heavy (non-hydrogen) atoms. The maximum atomic E-state index is 6.40. The average molecular weight is 264 g/mol. The number of hydrogen-bond donors (Lipinski definition) is 0. The molecule has 0 bridgehead atoms. The molecule has 0 aromatic carbocycles. The van der Waals surface area contributed by atoms with Crippen LogP contribution in [0, 0.1) is 17.8 Å². The van der Waals surface area contributed by atoms with Crippen LogP contribution in [0.4, 0.5) is 0 Å². The Morgan fingerprint density at radius 2 is 1.58 bits per heavy atom. The van der Waals surface area contributed by atoms with Crippen molar-refractivity contribution in [3.05, 3.63) is 0 Å². The molecule has 0 radical (unpaired) electrons. The van der Waals surface area contributed by atoms with Crippen molar-refractivity contribution in [2.45, 2.75) is 83.7 Å². The third-order valence-electron chi connectivity index (χ3n) is 6.49. The fraction of sp³-hybridized carbons (Fsp3) is 1.00. The molecule has 3 rings (SSSR count). The van der Waals surface area contributed by atoms with Crippen LogP contribution in [0.25, 0.3) is 0 Å². The average Bonchev–Trinajstić information content (AvgIpc) is 3.03. The zero-order valence-corrected chi connectivity index (χ0v) is 13.5. The minimum atomic E-state index is -0.188. The predicted molar refractivity (Wildman–Crippen MR) is 79.1 cm³/mol. The first kappa shape index (κ1) is 13.9. The van der Waals surface area contributed by atoms with E-state index >= 15 is 0 Å². The van der Waals surface area contributed by atoms with Gasteiger partial charge in [-0.15, -0.1) is 0 Å². The van der Waals surface area contributed by atoms with Gasteiger partial charge >= 0.3 is 7.12 Å². The second kappa shape index (κ2) is 4.01. The third-order valence-corrected chi connectivity index (χ3v) is 6.49. The van der Waals surface area contributed by atoms with Crippen LogP contribution in [-0.2, 0) is 9.31 Å². The second-order valence-corrected chi connectivity index (χ2v) is 8.22. The summed E-state index contributed by atoms with van der Waals surface area (Å²) < 4.78 is 12.8. The smallest absolute Gasteiger partial charge is 0.403 e. The summed E-state index contributed by atoms with van der Waals surface area (Å²) >= 11 is 0. The van der Waals surface area contributed by atoms with Crippen LogP contribution in [0.15, 0.2) is 0 Å². The van der Waals surface area contributed by atoms with E-state index in [1.54, 1.807) is 0 Å². The highest BCUT2D eigenvalue weighted by Gasteiger charge is 2.68. The summed E-state index contributed by atoms with van der Waals surface area (Å²) in [5.74, 6) is 2.63. The monoisotopic (exact) mass is 264 g/mol. The van der Waals surface area contributed by atoms with E-state index in [0.717, 1.165) is 17.8 Å². The molecule has 0 N–H and O–H groups in total. The van der Waals surface area contributed by atoms with Gasteiger partial charge in [0.1, 0.15) is 0 Å². The van der Waals surface area contributed by atoms with Crippen molar-refractivity contribution < 1.29 is 9.31 Å². The van der Waals surface area contributed by atoms with Crippen molar-refractivity contribution in [1.29, 1.82) is 0 Å². The molecule has 0 amide bonds. The first-order valence-corrected chi connectivity index (χ1v) is 8.09. The molecule has 3 aliphatic rings. The lowest BCUT2D eigenvalue weighted by atomic mass is 9.36. The van der Waals surface area contributed by atoms with Crippen LogP contribution in [0.2, 0.25) is 5.31 Å². The van der Waals surface area contributed by atoms with E-state index in [-0.39, 0.29) is 23.6 Å². The molecule has 0 aromatic rings. The van der Waals surface area contributed by atoms with Crippen molar-refractivity contribution in [2.24, 2.45) is 17.8 Å². The Labute approximate surface area is 118 Å². The molecule has 1 unspecified atom stereocenters. The number of rotatable bonds is 3. The molecule has 3 fully saturated rings. The van der Waals surface area contributed by atoms with E-state index in [1.807, 2.05) is 0 Å². The Kier molecular flexibility index (Phi) is 2.94. The molecule has 0 aromatic heterocycles. The van der Waals surface area contributed by atoms with Gasteiger partial charge in [-0.3, -0.25) is 0 Å². The first-order chi connectivity index (χ1) is 8.73. The zero-order valence-electron chi connectivity index (χ0n) is 13.5. The summed E-state index contributed by atoms with van der Waals surface area (Å²) in [7, 11) is 0.00398. The molecule has 2 aliphatic carbocycles. The minimum absolute atomic E-state index is 0.00398. The molecule has 108 valence electrons. The molecule has 2 nitrogen and oxygen atoms in total. The van der Waals surface area contributed by atoms with E-state index in [9.17, 15) is 0 Å². The van der Waals surface area contributed by atoms with Crippen LogP contribution < -0.4 is 0 Å². The second-order valence-electron chi connectivity index (χ2n) is 8.22. The van der Waals surface area contributed by atoms with E-state index in [0.29, 0.717) is 0 Å². The summed E-state index contributed by atoms with van der Waals surface area (Å²) in [6, 6.07) is 0. The minimum Gasteiger partial charge on any atom is -0.403 e. The molecule has 2 saturated carbocycles. The largest absolute Gasteiger partial charge is 0.464 e. The van der Waals surface area contributed by atoms with Gasteiger partial charge in [-0.05, 0) is 64.7 Å². The fourth-order valence-corrected chi connectivity index (χ4v) is 4.54. The normalized spacial score (nSPS) is 44.2. The number of hydrogen-bond acceptors (Lipinski definition) is 2. The Morgan fingerprint density at radius 3 is 1.95 bits per heavy atom. The topological polar surface area (TPSA) is 18.5 Å². The lowest BCUT2D eigenvalue weighted by molar-refractivity contribution is 0.00578. The van der Waals surface area contributed by atoms with Gasteiger partial charge in [-0.25, -0.2) is 0 Å². The lowest BCUT2D eigenvalue weighted by Crippen LogP contribution is -2.52. The SMILES string of the molecule is CC[C@@]1(B2OC(C)(C)C(C)(C)O2)CC(C)[C@@H]1C1CC1. The standard InChI is InChI=1S/C16H29BO2/c1-7-16(10-11(2)13(16)12-8-9-12)17-18-14(3,4)15(5,6)19-17/h11-13H,7-10H2,1-6H3/t11?,13-,16-/m1/s1. The summed E-state index contributed by atoms with van der Waals surface area (Å²) in [5.41, 5.74) is -0.375. The van der Waals surface area contributed by atoms with Crippen molar-refractivity contribution in [3.8, 4) is 0 Å². The Balaban J connectivity index is 1.84. The van der Waals surface area contributed by atoms with Crippen molar-refractivity contribution >= 4 is 7.12 Å². The van der Waals surface area contributed by atoms with Gasteiger partial charge in [0.05, 0.1) is 11.2 Å². The Bertz CT molecular complexity index is 357. The Hall–Kier alpha value is -0.0151. The van der Waals surface area contributed by atoms with E-state index < -0.39 is 0 Å².